The minimum atomic E-state index is -0.894. The van der Waals surface area contributed by atoms with Crippen LogP contribution >= 0.6 is 0 Å². The smallest absolute Gasteiger partial charge is 0.354 e. The maximum atomic E-state index is 11.5. The van der Waals surface area contributed by atoms with Crippen molar-refractivity contribution in [2.24, 2.45) is 0 Å². The van der Waals surface area contributed by atoms with Crippen molar-refractivity contribution in [2.45, 2.75) is 25.8 Å². The number of methoxy groups -OCH3 is 1. The van der Waals surface area contributed by atoms with Gasteiger partial charge in [0.2, 0.25) is 0 Å². The molecule has 20 heavy (non-hydrogen) atoms. The number of carboxylic acids is 1. The molecule has 0 atom stereocenters. The number of benzene rings is 1. The molecule has 0 aliphatic heterocycles. The molecule has 1 heterocycles. The molecule has 0 saturated heterocycles. The van der Waals surface area contributed by atoms with Crippen molar-refractivity contribution in [2.75, 3.05) is 7.11 Å². The number of hydrogen-bond donors (Lipinski definition) is 1. The molecule has 0 unspecified atom stereocenters. The number of fused-ring (bicyclic) bond motifs is 1. The zero-order valence-corrected chi connectivity index (χ0v) is 11.3. The molecular formula is C15H16N2O3. The van der Waals surface area contributed by atoms with E-state index in [1.807, 2.05) is 24.3 Å². The van der Waals surface area contributed by atoms with Crippen LogP contribution < -0.4 is 4.74 Å². The van der Waals surface area contributed by atoms with E-state index in [0.29, 0.717) is 12.2 Å². The van der Waals surface area contributed by atoms with Gasteiger partial charge in [0.25, 0.3) is 0 Å². The minimum absolute atomic E-state index is 0.341. The fourth-order valence-corrected chi connectivity index (χ4v) is 2.70. The van der Waals surface area contributed by atoms with Gasteiger partial charge in [0, 0.05) is 5.56 Å². The first-order valence-electron chi connectivity index (χ1n) is 6.64. The molecule has 1 aromatic heterocycles. The van der Waals surface area contributed by atoms with Crippen molar-refractivity contribution in [1.82, 2.24) is 9.78 Å². The second-order valence-electron chi connectivity index (χ2n) is 4.94. The number of rotatable bonds is 4. The summed E-state index contributed by atoms with van der Waals surface area (Å²) in [5.74, 6) is -0.107. The SMILES string of the molecule is COc1ccc(Cn2nc3c(c2C(=O)O)CCC3)cc1. The molecule has 1 aliphatic rings. The van der Waals surface area contributed by atoms with Crippen molar-refractivity contribution in [3.8, 4) is 5.75 Å². The van der Waals surface area contributed by atoms with Crippen LogP contribution in [0.2, 0.25) is 0 Å². The highest BCUT2D eigenvalue weighted by Crippen LogP contribution is 2.25. The molecule has 5 heteroatoms. The number of aryl methyl sites for hydroxylation is 1. The highest BCUT2D eigenvalue weighted by molar-refractivity contribution is 5.88. The average molecular weight is 272 g/mol. The quantitative estimate of drug-likeness (QED) is 0.926. The Morgan fingerprint density at radius 1 is 1.35 bits per heavy atom. The standard InChI is InChI=1S/C15H16N2O3/c1-20-11-7-5-10(6-8-11)9-17-14(15(18)19)12-3-2-4-13(12)16-17/h5-8H,2-4,9H2,1H3,(H,18,19). The summed E-state index contributed by atoms with van der Waals surface area (Å²) in [6.45, 7) is 0.471. The van der Waals surface area contributed by atoms with Crippen LogP contribution in [-0.4, -0.2) is 28.0 Å². The van der Waals surface area contributed by atoms with Gasteiger partial charge in [-0.3, -0.25) is 4.68 Å². The van der Waals surface area contributed by atoms with Crippen molar-refractivity contribution < 1.29 is 14.6 Å². The van der Waals surface area contributed by atoms with Gasteiger partial charge < -0.3 is 9.84 Å². The van der Waals surface area contributed by atoms with Gasteiger partial charge in [0.1, 0.15) is 11.4 Å². The molecule has 0 amide bonds. The summed E-state index contributed by atoms with van der Waals surface area (Å²) >= 11 is 0. The van der Waals surface area contributed by atoms with E-state index in [2.05, 4.69) is 5.10 Å². The number of aromatic nitrogens is 2. The van der Waals surface area contributed by atoms with Crippen LogP contribution in [0.15, 0.2) is 24.3 Å². The van der Waals surface area contributed by atoms with Crippen LogP contribution in [0.25, 0.3) is 0 Å². The Morgan fingerprint density at radius 3 is 2.75 bits per heavy atom. The van der Waals surface area contributed by atoms with Crippen molar-refractivity contribution in [3.63, 3.8) is 0 Å². The number of aromatic carboxylic acids is 1. The Balaban J connectivity index is 1.92. The van der Waals surface area contributed by atoms with E-state index in [1.54, 1.807) is 11.8 Å². The summed E-state index contributed by atoms with van der Waals surface area (Å²) in [5, 5.41) is 13.9. The molecule has 1 aromatic carbocycles. The first-order chi connectivity index (χ1) is 9.69. The summed E-state index contributed by atoms with van der Waals surface area (Å²) in [6.07, 6.45) is 2.70. The second kappa shape index (κ2) is 5.00. The van der Waals surface area contributed by atoms with Crippen LogP contribution in [0.4, 0.5) is 0 Å². The van der Waals surface area contributed by atoms with Crippen LogP contribution in [0.5, 0.6) is 5.75 Å². The molecule has 2 aromatic rings. The van der Waals surface area contributed by atoms with Crippen molar-refractivity contribution in [3.05, 3.63) is 46.8 Å². The molecule has 1 aliphatic carbocycles. The van der Waals surface area contributed by atoms with Crippen LogP contribution in [0, 0.1) is 0 Å². The van der Waals surface area contributed by atoms with Gasteiger partial charge in [-0.05, 0) is 37.0 Å². The second-order valence-corrected chi connectivity index (χ2v) is 4.94. The van der Waals surface area contributed by atoms with Crippen molar-refractivity contribution >= 4 is 5.97 Å². The minimum Gasteiger partial charge on any atom is -0.497 e. The van der Waals surface area contributed by atoms with E-state index >= 15 is 0 Å². The number of carboxylic acid groups (broad SMARTS) is 1. The average Bonchev–Trinajstić information content (AvgIpc) is 2.99. The molecule has 5 nitrogen and oxygen atoms in total. The third-order valence-corrected chi connectivity index (χ3v) is 3.67. The summed E-state index contributed by atoms with van der Waals surface area (Å²) in [4.78, 5) is 11.5. The van der Waals surface area contributed by atoms with Gasteiger partial charge in [-0.15, -0.1) is 0 Å². The zero-order chi connectivity index (χ0) is 14.1. The maximum Gasteiger partial charge on any atom is 0.354 e. The van der Waals surface area contributed by atoms with E-state index in [4.69, 9.17) is 4.74 Å². The first-order valence-corrected chi connectivity index (χ1v) is 6.64. The molecule has 0 fully saturated rings. The Kier molecular flexibility index (Phi) is 3.18. The molecule has 0 saturated carbocycles. The van der Waals surface area contributed by atoms with Gasteiger partial charge in [-0.2, -0.15) is 5.10 Å². The summed E-state index contributed by atoms with van der Waals surface area (Å²) < 4.78 is 6.72. The van der Waals surface area contributed by atoms with Crippen LogP contribution in [-0.2, 0) is 19.4 Å². The lowest BCUT2D eigenvalue weighted by Gasteiger charge is -2.07. The molecule has 104 valence electrons. The van der Waals surface area contributed by atoms with Crippen molar-refractivity contribution in [1.29, 1.82) is 0 Å². The number of nitrogens with zero attached hydrogens (tertiary/aromatic N) is 2. The third kappa shape index (κ3) is 2.15. The Bertz CT molecular complexity index is 644. The van der Waals surface area contributed by atoms with E-state index < -0.39 is 5.97 Å². The van der Waals surface area contributed by atoms with E-state index in [9.17, 15) is 9.90 Å². The van der Waals surface area contributed by atoms with E-state index in [1.165, 1.54) is 0 Å². The molecule has 1 N–H and O–H groups in total. The highest BCUT2D eigenvalue weighted by Gasteiger charge is 2.26. The van der Waals surface area contributed by atoms with Crippen LogP contribution in [0.3, 0.4) is 0 Å². The summed E-state index contributed by atoms with van der Waals surface area (Å²) in [6, 6.07) is 7.59. The normalized spacial score (nSPS) is 13.2. The molecule has 3 rings (SSSR count). The number of carbonyl (C=O) groups is 1. The summed E-state index contributed by atoms with van der Waals surface area (Å²) in [5.41, 5.74) is 3.20. The maximum absolute atomic E-state index is 11.5. The predicted octanol–water partition coefficient (Wildman–Crippen LogP) is 2.13. The fourth-order valence-electron chi connectivity index (χ4n) is 2.70. The number of ether oxygens (including phenoxy) is 1. The Labute approximate surface area is 116 Å². The number of hydrogen-bond acceptors (Lipinski definition) is 3. The molecule has 0 spiro atoms. The topological polar surface area (TPSA) is 64.4 Å². The molecule has 0 bridgehead atoms. The van der Waals surface area contributed by atoms with E-state index in [0.717, 1.165) is 41.8 Å². The molecule has 0 radical (unpaired) electrons. The molecular weight excluding hydrogens is 256 g/mol. The Hall–Kier alpha value is -2.30. The predicted molar refractivity (Wildman–Crippen MR) is 73.3 cm³/mol. The van der Waals surface area contributed by atoms with Gasteiger partial charge in [0.05, 0.1) is 19.3 Å². The largest absolute Gasteiger partial charge is 0.497 e. The lowest BCUT2D eigenvalue weighted by Crippen LogP contribution is -2.13. The summed E-state index contributed by atoms with van der Waals surface area (Å²) in [7, 11) is 1.62. The van der Waals surface area contributed by atoms with Gasteiger partial charge in [-0.25, -0.2) is 4.79 Å². The third-order valence-electron chi connectivity index (χ3n) is 3.67. The fraction of sp³-hybridized carbons (Fsp3) is 0.333. The highest BCUT2D eigenvalue weighted by atomic mass is 16.5. The first kappa shape index (κ1) is 12.7. The zero-order valence-electron chi connectivity index (χ0n) is 11.3. The monoisotopic (exact) mass is 272 g/mol. The van der Waals surface area contributed by atoms with Gasteiger partial charge in [-0.1, -0.05) is 12.1 Å². The van der Waals surface area contributed by atoms with Crippen LogP contribution in [0.1, 0.15) is 33.7 Å². The van der Waals surface area contributed by atoms with E-state index in [-0.39, 0.29) is 0 Å². The lowest BCUT2D eigenvalue weighted by atomic mass is 10.2. The lowest BCUT2D eigenvalue weighted by molar-refractivity contribution is 0.0682. The van der Waals surface area contributed by atoms with Gasteiger partial charge in [0.15, 0.2) is 0 Å². The van der Waals surface area contributed by atoms with Gasteiger partial charge >= 0.3 is 5.97 Å². The Morgan fingerprint density at radius 2 is 2.10 bits per heavy atom.